The van der Waals surface area contributed by atoms with Crippen LogP contribution in [0.4, 0.5) is 0 Å². The van der Waals surface area contributed by atoms with E-state index in [1.807, 2.05) is 0 Å². The molecule has 4 nitrogen and oxygen atoms in total. The van der Waals surface area contributed by atoms with Gasteiger partial charge in [0.1, 0.15) is 12.5 Å². The number of aliphatic imine (C=N–C) groups is 2. The van der Waals surface area contributed by atoms with Crippen LogP contribution in [0.25, 0.3) is 0 Å². The Morgan fingerprint density at radius 2 is 1.25 bits per heavy atom. The molecule has 0 saturated carbocycles. The molecule has 0 N–H and O–H groups in total. The zero-order chi connectivity index (χ0) is 9.07. The van der Waals surface area contributed by atoms with Crippen molar-refractivity contribution in [3.8, 4) is 0 Å². The topological polar surface area (TPSA) is 64.5 Å². The van der Waals surface area contributed by atoms with Gasteiger partial charge in [0.2, 0.25) is 0 Å². The quantitative estimate of drug-likeness (QED) is 0.332. The lowest BCUT2D eigenvalue weighted by atomic mass is 10.6. The van der Waals surface area contributed by atoms with Gasteiger partial charge in [-0.1, -0.05) is 0 Å². The van der Waals surface area contributed by atoms with Crippen molar-refractivity contribution in [2.75, 3.05) is 13.1 Å². The summed E-state index contributed by atoms with van der Waals surface area (Å²) in [5, 5.41) is 19.5. The van der Waals surface area contributed by atoms with E-state index in [-0.39, 0.29) is 0 Å². The van der Waals surface area contributed by atoms with Crippen molar-refractivity contribution < 1.29 is 10.2 Å². The van der Waals surface area contributed by atoms with Crippen molar-refractivity contribution >= 4 is 12.4 Å². The van der Waals surface area contributed by atoms with Crippen molar-refractivity contribution in [3.05, 3.63) is 24.7 Å². The molecule has 64 valence electrons. The van der Waals surface area contributed by atoms with Crippen LogP contribution in [0.3, 0.4) is 0 Å². The van der Waals surface area contributed by atoms with Crippen LogP contribution >= 0.6 is 0 Å². The van der Waals surface area contributed by atoms with Crippen LogP contribution in [0.2, 0.25) is 0 Å². The molecule has 0 aliphatic carbocycles. The molecule has 4 heteroatoms. The lowest BCUT2D eigenvalue weighted by Crippen LogP contribution is -1.86. The SMILES string of the molecule is [O]/C=C/C=NCCN=C/C=C/[O]. The summed E-state index contributed by atoms with van der Waals surface area (Å²) in [6, 6.07) is 0. The summed E-state index contributed by atoms with van der Waals surface area (Å²) < 4.78 is 0. The van der Waals surface area contributed by atoms with E-state index in [9.17, 15) is 10.2 Å². The van der Waals surface area contributed by atoms with Crippen LogP contribution in [0.15, 0.2) is 34.7 Å². The fraction of sp³-hybridized carbons (Fsp3) is 0.250. The smallest absolute Gasteiger partial charge is 0.144 e. The second-order valence-corrected chi connectivity index (χ2v) is 1.77. The maximum atomic E-state index is 9.76. The predicted octanol–water partition coefficient (Wildman–Crippen LogP) is 1.02. The van der Waals surface area contributed by atoms with Gasteiger partial charge in [-0.05, 0) is 12.2 Å². The summed E-state index contributed by atoms with van der Waals surface area (Å²) >= 11 is 0. The van der Waals surface area contributed by atoms with Gasteiger partial charge in [-0.15, -0.1) is 0 Å². The molecule has 12 heavy (non-hydrogen) atoms. The minimum Gasteiger partial charge on any atom is -0.299 e. The normalized spacial score (nSPS) is 13.0. The Morgan fingerprint density at radius 1 is 0.833 bits per heavy atom. The van der Waals surface area contributed by atoms with E-state index >= 15 is 0 Å². The Bertz CT molecular complexity index is 173. The minimum absolute atomic E-state index is 0.521. The number of allylic oxidation sites excluding steroid dienone is 2. The molecule has 0 bridgehead atoms. The van der Waals surface area contributed by atoms with Gasteiger partial charge in [0.05, 0.1) is 13.1 Å². The van der Waals surface area contributed by atoms with E-state index < -0.39 is 0 Å². The largest absolute Gasteiger partial charge is 0.299 e. The average Bonchev–Trinajstić information content (AvgIpc) is 2.10. The van der Waals surface area contributed by atoms with Gasteiger partial charge in [-0.25, -0.2) is 0 Å². The highest BCUT2D eigenvalue weighted by Crippen LogP contribution is 1.73. The van der Waals surface area contributed by atoms with Crippen LogP contribution in [-0.4, -0.2) is 25.5 Å². The molecule has 0 aromatic rings. The van der Waals surface area contributed by atoms with Gasteiger partial charge < -0.3 is 0 Å². The van der Waals surface area contributed by atoms with E-state index in [2.05, 4.69) is 9.98 Å². The molecule has 0 saturated heterocycles. The van der Waals surface area contributed by atoms with Gasteiger partial charge in [0.15, 0.2) is 0 Å². The molecular weight excluding hydrogens is 156 g/mol. The molecular formula is C8H10N2O2. The van der Waals surface area contributed by atoms with Crippen molar-refractivity contribution in [2.45, 2.75) is 0 Å². The minimum atomic E-state index is 0.521. The Hall–Kier alpha value is -1.58. The Kier molecular flexibility index (Phi) is 8.18. The van der Waals surface area contributed by atoms with E-state index in [0.29, 0.717) is 25.6 Å². The summed E-state index contributed by atoms with van der Waals surface area (Å²) in [6.45, 7) is 1.04. The molecule has 0 heterocycles. The van der Waals surface area contributed by atoms with Crippen molar-refractivity contribution in [2.24, 2.45) is 9.98 Å². The molecule has 0 amide bonds. The summed E-state index contributed by atoms with van der Waals surface area (Å²) in [5.74, 6) is 0. The molecule has 0 rings (SSSR count). The highest BCUT2D eigenvalue weighted by molar-refractivity contribution is 5.71. The van der Waals surface area contributed by atoms with Crippen LogP contribution in [0.5, 0.6) is 0 Å². The molecule has 0 aliphatic heterocycles. The Balaban J connectivity index is 3.32. The first-order valence-electron chi connectivity index (χ1n) is 3.45. The van der Waals surface area contributed by atoms with Gasteiger partial charge in [0, 0.05) is 12.4 Å². The number of hydrogen-bond donors (Lipinski definition) is 0. The van der Waals surface area contributed by atoms with Crippen molar-refractivity contribution in [3.63, 3.8) is 0 Å². The zero-order valence-corrected chi connectivity index (χ0v) is 6.59. The number of rotatable bonds is 5. The van der Waals surface area contributed by atoms with E-state index in [4.69, 9.17) is 0 Å². The predicted molar refractivity (Wildman–Crippen MR) is 46.4 cm³/mol. The first kappa shape index (κ1) is 10.4. The monoisotopic (exact) mass is 166 g/mol. The van der Waals surface area contributed by atoms with E-state index in [1.54, 1.807) is 0 Å². The van der Waals surface area contributed by atoms with Crippen LogP contribution in [-0.2, 0) is 10.2 Å². The van der Waals surface area contributed by atoms with E-state index in [1.165, 1.54) is 24.6 Å². The maximum Gasteiger partial charge on any atom is 0.144 e. The first-order chi connectivity index (χ1) is 5.91. The highest BCUT2D eigenvalue weighted by atomic mass is 16.2. The zero-order valence-electron chi connectivity index (χ0n) is 6.59. The highest BCUT2D eigenvalue weighted by Gasteiger charge is 1.74. The van der Waals surface area contributed by atoms with Crippen LogP contribution < -0.4 is 0 Å². The van der Waals surface area contributed by atoms with Gasteiger partial charge in [0.25, 0.3) is 0 Å². The maximum absolute atomic E-state index is 9.76. The molecule has 0 atom stereocenters. The molecule has 0 aliphatic rings. The third-order valence-electron chi connectivity index (χ3n) is 0.898. The third kappa shape index (κ3) is 8.42. The lowest BCUT2D eigenvalue weighted by Gasteiger charge is -1.83. The molecule has 0 aromatic heterocycles. The first-order valence-corrected chi connectivity index (χ1v) is 3.45. The second-order valence-electron chi connectivity index (χ2n) is 1.77. The summed E-state index contributed by atoms with van der Waals surface area (Å²) in [5.41, 5.74) is 0. The Labute approximate surface area is 71.3 Å². The number of nitrogens with zero attached hydrogens (tertiary/aromatic N) is 2. The summed E-state index contributed by atoms with van der Waals surface area (Å²) in [6.07, 6.45) is 6.78. The third-order valence-corrected chi connectivity index (χ3v) is 0.898. The van der Waals surface area contributed by atoms with Crippen LogP contribution in [0, 0.1) is 0 Å². The second kappa shape index (κ2) is 9.42. The average molecular weight is 166 g/mol. The Morgan fingerprint density at radius 3 is 1.58 bits per heavy atom. The van der Waals surface area contributed by atoms with Crippen LogP contribution in [0.1, 0.15) is 0 Å². The molecule has 0 spiro atoms. The van der Waals surface area contributed by atoms with E-state index in [0.717, 1.165) is 0 Å². The van der Waals surface area contributed by atoms with Crippen molar-refractivity contribution in [1.82, 2.24) is 0 Å². The van der Waals surface area contributed by atoms with Gasteiger partial charge >= 0.3 is 0 Å². The number of hydrogen-bond acceptors (Lipinski definition) is 2. The van der Waals surface area contributed by atoms with Crippen molar-refractivity contribution in [1.29, 1.82) is 0 Å². The van der Waals surface area contributed by atoms with Gasteiger partial charge in [-0.2, -0.15) is 0 Å². The summed E-state index contributed by atoms with van der Waals surface area (Å²) in [4.78, 5) is 7.66. The lowest BCUT2D eigenvalue weighted by molar-refractivity contribution is 0.352. The molecule has 2 radical (unpaired) electrons. The summed E-state index contributed by atoms with van der Waals surface area (Å²) in [7, 11) is 0. The molecule has 0 aromatic carbocycles. The molecule has 0 fully saturated rings. The molecule has 0 unspecified atom stereocenters. The van der Waals surface area contributed by atoms with Gasteiger partial charge in [-0.3, -0.25) is 20.2 Å². The fourth-order valence-electron chi connectivity index (χ4n) is 0.457. The standard InChI is InChI=1S/C8H10N2O2/c11-7-1-3-9-5-6-10-4-2-8-12/h1-4,7-8H,5-6H2/b7-1+,8-2+,9-3?,10-4?. The fourth-order valence-corrected chi connectivity index (χ4v) is 0.457.